The summed E-state index contributed by atoms with van der Waals surface area (Å²) < 4.78 is 1.65. The number of aldehydes is 1. The van der Waals surface area contributed by atoms with Crippen molar-refractivity contribution in [2.45, 2.75) is 6.42 Å². The highest BCUT2D eigenvalue weighted by molar-refractivity contribution is 5.54. The number of rotatable bonds is 2. The van der Waals surface area contributed by atoms with E-state index >= 15 is 0 Å². The van der Waals surface area contributed by atoms with Crippen LogP contribution in [0.2, 0.25) is 0 Å². The first-order valence-corrected chi connectivity index (χ1v) is 3.62. The molecule has 0 fully saturated rings. The van der Waals surface area contributed by atoms with Gasteiger partial charge in [-0.1, -0.05) is 0 Å². The second-order valence-corrected chi connectivity index (χ2v) is 2.47. The lowest BCUT2D eigenvalue weighted by Crippen LogP contribution is -1.94. The molecule has 0 aliphatic rings. The third-order valence-corrected chi connectivity index (χ3v) is 1.62. The van der Waals surface area contributed by atoms with Gasteiger partial charge in [0.1, 0.15) is 6.29 Å². The summed E-state index contributed by atoms with van der Waals surface area (Å²) in [5.74, 6) is 0. The first-order chi connectivity index (χ1) is 5.90. The molecular weight excluding hydrogens is 154 g/mol. The van der Waals surface area contributed by atoms with Crippen LogP contribution in [0.15, 0.2) is 24.7 Å². The lowest BCUT2D eigenvalue weighted by Gasteiger charge is -1.95. The molecule has 4 heteroatoms. The average molecular weight is 161 g/mol. The predicted molar refractivity (Wildman–Crippen MR) is 42.8 cm³/mol. The monoisotopic (exact) mass is 161 g/mol. The Bertz CT molecular complexity index is 407. The van der Waals surface area contributed by atoms with Crippen molar-refractivity contribution >= 4 is 11.9 Å². The van der Waals surface area contributed by atoms with Gasteiger partial charge in [-0.15, -0.1) is 0 Å². The summed E-state index contributed by atoms with van der Waals surface area (Å²) in [7, 11) is 0. The van der Waals surface area contributed by atoms with E-state index in [1.54, 1.807) is 23.1 Å². The number of carbonyl (C=O) groups is 1. The van der Waals surface area contributed by atoms with Crippen molar-refractivity contribution in [2.75, 3.05) is 0 Å². The summed E-state index contributed by atoms with van der Waals surface area (Å²) in [6.07, 6.45) is 6.41. The first kappa shape index (κ1) is 6.97. The molecule has 60 valence electrons. The van der Waals surface area contributed by atoms with Gasteiger partial charge >= 0.3 is 0 Å². The maximum atomic E-state index is 10.2. The fourth-order valence-corrected chi connectivity index (χ4v) is 1.05. The van der Waals surface area contributed by atoms with Crippen LogP contribution in [0.25, 0.3) is 5.65 Å². The van der Waals surface area contributed by atoms with Crippen LogP contribution in [0.5, 0.6) is 0 Å². The molecule has 0 spiro atoms. The molecule has 0 aromatic carbocycles. The van der Waals surface area contributed by atoms with Gasteiger partial charge in [-0.25, -0.2) is 9.50 Å². The Hall–Kier alpha value is -1.71. The standard InChI is InChI=1S/C8H7N3O/c12-4-2-7-5-9-8-1-3-10-11(8)6-7/h1,3-6H,2H2. The number of aromatic nitrogens is 3. The molecule has 12 heavy (non-hydrogen) atoms. The highest BCUT2D eigenvalue weighted by Gasteiger charge is 1.96. The lowest BCUT2D eigenvalue weighted by atomic mass is 10.3. The summed E-state index contributed by atoms with van der Waals surface area (Å²) in [6.45, 7) is 0. The van der Waals surface area contributed by atoms with Gasteiger partial charge in [0.05, 0.1) is 6.20 Å². The molecule has 0 saturated heterocycles. The van der Waals surface area contributed by atoms with Crippen LogP contribution >= 0.6 is 0 Å². The van der Waals surface area contributed by atoms with Crippen LogP contribution in [-0.2, 0) is 11.2 Å². The summed E-state index contributed by atoms with van der Waals surface area (Å²) in [5, 5.41) is 4.00. The fourth-order valence-electron chi connectivity index (χ4n) is 1.05. The van der Waals surface area contributed by atoms with Crippen molar-refractivity contribution in [1.29, 1.82) is 0 Å². The topological polar surface area (TPSA) is 47.3 Å². The maximum Gasteiger partial charge on any atom is 0.154 e. The van der Waals surface area contributed by atoms with Crippen LogP contribution < -0.4 is 0 Å². The summed E-state index contributed by atoms with van der Waals surface area (Å²) in [5.41, 5.74) is 1.67. The zero-order valence-electron chi connectivity index (χ0n) is 6.34. The number of hydrogen-bond donors (Lipinski definition) is 0. The van der Waals surface area contributed by atoms with E-state index < -0.39 is 0 Å². The zero-order chi connectivity index (χ0) is 8.39. The molecule has 2 rings (SSSR count). The van der Waals surface area contributed by atoms with E-state index in [4.69, 9.17) is 0 Å². The Morgan fingerprint density at radius 3 is 3.33 bits per heavy atom. The predicted octanol–water partition coefficient (Wildman–Crippen LogP) is 0.471. The van der Waals surface area contributed by atoms with Gasteiger partial charge in [-0.3, -0.25) is 0 Å². The molecule has 0 saturated carbocycles. The van der Waals surface area contributed by atoms with Gasteiger partial charge in [0, 0.05) is 24.9 Å². The molecule has 0 N–H and O–H groups in total. The normalized spacial score (nSPS) is 10.3. The molecule has 4 nitrogen and oxygen atoms in total. The highest BCUT2D eigenvalue weighted by Crippen LogP contribution is 2.00. The van der Waals surface area contributed by atoms with Crippen molar-refractivity contribution in [3.63, 3.8) is 0 Å². The third-order valence-electron chi connectivity index (χ3n) is 1.62. The molecule has 0 aliphatic heterocycles. The van der Waals surface area contributed by atoms with Crippen molar-refractivity contribution in [3.05, 3.63) is 30.2 Å². The zero-order valence-corrected chi connectivity index (χ0v) is 6.34. The van der Waals surface area contributed by atoms with Crippen LogP contribution in [0.1, 0.15) is 5.56 Å². The second kappa shape index (κ2) is 2.73. The highest BCUT2D eigenvalue weighted by atomic mass is 16.1. The summed E-state index contributed by atoms with van der Waals surface area (Å²) in [6, 6.07) is 1.81. The van der Waals surface area contributed by atoms with E-state index in [1.165, 1.54) is 0 Å². The van der Waals surface area contributed by atoms with Crippen LogP contribution in [-0.4, -0.2) is 20.9 Å². The number of carbonyl (C=O) groups excluding carboxylic acids is 1. The molecule has 0 unspecified atom stereocenters. The molecule has 2 aromatic heterocycles. The molecule has 2 aromatic rings. The quantitative estimate of drug-likeness (QED) is 0.601. The summed E-state index contributed by atoms with van der Waals surface area (Å²) in [4.78, 5) is 14.3. The Labute approximate surface area is 68.8 Å². The van der Waals surface area contributed by atoms with E-state index in [-0.39, 0.29) is 0 Å². The minimum Gasteiger partial charge on any atom is -0.303 e. The largest absolute Gasteiger partial charge is 0.303 e. The van der Waals surface area contributed by atoms with Crippen molar-refractivity contribution < 1.29 is 4.79 Å². The van der Waals surface area contributed by atoms with Crippen LogP contribution in [0.3, 0.4) is 0 Å². The molecular formula is C8H7N3O. The van der Waals surface area contributed by atoms with E-state index in [0.717, 1.165) is 17.5 Å². The number of hydrogen-bond acceptors (Lipinski definition) is 3. The molecule has 0 atom stereocenters. The molecule has 0 amide bonds. The van der Waals surface area contributed by atoms with Crippen molar-refractivity contribution in [2.24, 2.45) is 0 Å². The second-order valence-electron chi connectivity index (χ2n) is 2.47. The molecule has 2 heterocycles. The van der Waals surface area contributed by atoms with Crippen molar-refractivity contribution in [1.82, 2.24) is 14.6 Å². The summed E-state index contributed by atoms with van der Waals surface area (Å²) >= 11 is 0. The van der Waals surface area contributed by atoms with Crippen LogP contribution in [0, 0.1) is 0 Å². The average Bonchev–Trinajstić information content (AvgIpc) is 2.51. The van der Waals surface area contributed by atoms with Gasteiger partial charge in [0.25, 0.3) is 0 Å². The van der Waals surface area contributed by atoms with E-state index in [9.17, 15) is 4.79 Å². The van der Waals surface area contributed by atoms with Gasteiger partial charge in [-0.2, -0.15) is 5.10 Å². The SMILES string of the molecule is O=CCc1cnc2ccnn2c1. The third kappa shape index (κ3) is 1.07. The van der Waals surface area contributed by atoms with Crippen molar-refractivity contribution in [3.8, 4) is 0 Å². The Kier molecular flexibility index (Phi) is 1.59. The minimum absolute atomic E-state index is 0.392. The molecule has 0 bridgehead atoms. The molecule has 0 aliphatic carbocycles. The fraction of sp³-hybridized carbons (Fsp3) is 0.125. The molecule has 0 radical (unpaired) electrons. The van der Waals surface area contributed by atoms with Gasteiger partial charge in [0.15, 0.2) is 5.65 Å². The smallest absolute Gasteiger partial charge is 0.154 e. The Morgan fingerprint density at radius 2 is 2.50 bits per heavy atom. The number of fused-ring (bicyclic) bond motifs is 1. The Morgan fingerprint density at radius 1 is 1.58 bits per heavy atom. The van der Waals surface area contributed by atoms with E-state index in [0.29, 0.717) is 6.42 Å². The van der Waals surface area contributed by atoms with Gasteiger partial charge in [-0.05, 0) is 5.56 Å². The van der Waals surface area contributed by atoms with Gasteiger partial charge in [0.2, 0.25) is 0 Å². The number of nitrogens with zero attached hydrogens (tertiary/aromatic N) is 3. The maximum absolute atomic E-state index is 10.2. The van der Waals surface area contributed by atoms with E-state index in [2.05, 4.69) is 10.1 Å². The van der Waals surface area contributed by atoms with Gasteiger partial charge < -0.3 is 4.79 Å². The first-order valence-electron chi connectivity index (χ1n) is 3.62. The van der Waals surface area contributed by atoms with Crippen LogP contribution in [0.4, 0.5) is 0 Å². The Balaban J connectivity index is 2.52. The lowest BCUT2D eigenvalue weighted by molar-refractivity contribution is -0.107. The minimum atomic E-state index is 0.392. The van der Waals surface area contributed by atoms with E-state index in [1.807, 2.05) is 6.07 Å².